The highest BCUT2D eigenvalue weighted by Crippen LogP contribution is 2.40. The van der Waals surface area contributed by atoms with Crippen LogP contribution in [-0.2, 0) is 4.74 Å². The second-order valence-corrected chi connectivity index (χ2v) is 6.86. The van der Waals surface area contributed by atoms with Gasteiger partial charge in [0, 0.05) is 25.2 Å². The van der Waals surface area contributed by atoms with E-state index in [0.717, 1.165) is 13.2 Å². The number of hydrogen-bond acceptors (Lipinski definition) is 3. The molecule has 1 saturated carbocycles. The molecule has 2 N–H and O–H groups in total. The minimum absolute atomic E-state index is 0.172. The minimum atomic E-state index is 0.172. The van der Waals surface area contributed by atoms with Gasteiger partial charge in [-0.25, -0.2) is 0 Å². The molecular formula is C15H32N2O. The van der Waals surface area contributed by atoms with Gasteiger partial charge in [0.1, 0.15) is 0 Å². The summed E-state index contributed by atoms with van der Waals surface area (Å²) in [5.74, 6) is 0. The number of nitrogens with two attached hydrogens (primary N) is 1. The van der Waals surface area contributed by atoms with E-state index in [2.05, 4.69) is 32.7 Å². The third-order valence-electron chi connectivity index (χ3n) is 4.96. The number of likely N-dealkylation sites (N-methyl/N-ethyl adjacent to an activating group) is 1. The van der Waals surface area contributed by atoms with Crippen molar-refractivity contribution in [2.24, 2.45) is 11.1 Å². The lowest BCUT2D eigenvalue weighted by Gasteiger charge is -2.44. The third-order valence-corrected chi connectivity index (χ3v) is 4.96. The van der Waals surface area contributed by atoms with Gasteiger partial charge in [0.2, 0.25) is 0 Å². The van der Waals surface area contributed by atoms with Gasteiger partial charge in [-0.2, -0.15) is 0 Å². The first kappa shape index (κ1) is 15.9. The molecule has 0 bridgehead atoms. The molecule has 2 unspecified atom stereocenters. The minimum Gasteiger partial charge on any atom is -0.383 e. The monoisotopic (exact) mass is 256 g/mol. The lowest BCUT2D eigenvalue weighted by Crippen LogP contribution is -2.56. The lowest BCUT2D eigenvalue weighted by atomic mass is 9.82. The van der Waals surface area contributed by atoms with Gasteiger partial charge >= 0.3 is 0 Å². The summed E-state index contributed by atoms with van der Waals surface area (Å²) in [4.78, 5) is 2.47. The van der Waals surface area contributed by atoms with Gasteiger partial charge in [0.15, 0.2) is 0 Å². The first-order valence-corrected chi connectivity index (χ1v) is 7.29. The van der Waals surface area contributed by atoms with E-state index in [0.29, 0.717) is 11.5 Å². The van der Waals surface area contributed by atoms with E-state index in [1.807, 2.05) is 0 Å². The van der Waals surface area contributed by atoms with Crippen LogP contribution in [0.25, 0.3) is 0 Å². The smallest absolute Gasteiger partial charge is 0.0615 e. The molecule has 1 aliphatic rings. The van der Waals surface area contributed by atoms with Crippen LogP contribution < -0.4 is 5.73 Å². The molecule has 0 aromatic heterocycles. The molecule has 0 amide bonds. The first-order chi connectivity index (χ1) is 8.37. The Labute approximate surface area is 113 Å². The zero-order valence-corrected chi connectivity index (χ0v) is 13.0. The molecule has 3 nitrogen and oxygen atoms in total. The summed E-state index contributed by atoms with van der Waals surface area (Å²) < 4.78 is 5.29. The Morgan fingerprint density at radius 2 is 1.89 bits per heavy atom. The van der Waals surface area contributed by atoms with E-state index in [4.69, 9.17) is 10.5 Å². The van der Waals surface area contributed by atoms with Crippen molar-refractivity contribution in [1.82, 2.24) is 4.90 Å². The fourth-order valence-corrected chi connectivity index (χ4v) is 3.24. The second-order valence-electron chi connectivity index (χ2n) is 6.86. The van der Waals surface area contributed by atoms with Gasteiger partial charge in [-0.05, 0) is 45.1 Å². The molecule has 0 radical (unpaired) electrons. The standard InChI is InChI=1S/C15H32N2O/c1-13(11-18-5)17(4)15(12-16)8-6-7-14(2,3)9-10-15/h13H,6-12,16H2,1-5H3. The largest absolute Gasteiger partial charge is 0.383 e. The molecule has 0 saturated heterocycles. The van der Waals surface area contributed by atoms with Crippen molar-refractivity contribution in [2.45, 2.75) is 64.5 Å². The van der Waals surface area contributed by atoms with E-state index >= 15 is 0 Å². The van der Waals surface area contributed by atoms with Crippen molar-refractivity contribution in [2.75, 3.05) is 27.3 Å². The van der Waals surface area contributed by atoms with E-state index < -0.39 is 0 Å². The molecule has 1 fully saturated rings. The van der Waals surface area contributed by atoms with E-state index in [1.165, 1.54) is 32.1 Å². The summed E-state index contributed by atoms with van der Waals surface area (Å²) in [6.45, 7) is 8.54. The molecule has 0 aromatic carbocycles. The predicted molar refractivity (Wildman–Crippen MR) is 77.8 cm³/mol. The molecule has 1 aliphatic carbocycles. The van der Waals surface area contributed by atoms with Gasteiger partial charge in [-0.15, -0.1) is 0 Å². The van der Waals surface area contributed by atoms with Crippen molar-refractivity contribution in [3.63, 3.8) is 0 Å². The summed E-state index contributed by atoms with van der Waals surface area (Å²) in [5, 5.41) is 0. The van der Waals surface area contributed by atoms with Crippen molar-refractivity contribution in [3.8, 4) is 0 Å². The molecule has 1 rings (SSSR count). The maximum atomic E-state index is 6.15. The molecule has 18 heavy (non-hydrogen) atoms. The Hall–Kier alpha value is -0.120. The Morgan fingerprint density at radius 3 is 2.44 bits per heavy atom. The summed E-state index contributed by atoms with van der Waals surface area (Å²) in [6.07, 6.45) is 6.31. The summed E-state index contributed by atoms with van der Waals surface area (Å²) >= 11 is 0. The molecule has 0 heterocycles. The summed E-state index contributed by atoms with van der Waals surface area (Å²) in [5.41, 5.74) is 6.80. The van der Waals surface area contributed by atoms with Crippen LogP contribution in [0.3, 0.4) is 0 Å². The predicted octanol–water partition coefficient (Wildman–Crippen LogP) is 2.64. The Morgan fingerprint density at radius 1 is 1.22 bits per heavy atom. The number of hydrogen-bond donors (Lipinski definition) is 1. The van der Waals surface area contributed by atoms with Gasteiger partial charge < -0.3 is 10.5 Å². The van der Waals surface area contributed by atoms with Gasteiger partial charge in [-0.3, -0.25) is 4.90 Å². The quantitative estimate of drug-likeness (QED) is 0.769. The average molecular weight is 256 g/mol. The number of rotatable bonds is 5. The zero-order chi connectivity index (χ0) is 13.8. The molecule has 0 aromatic rings. The van der Waals surface area contributed by atoms with Crippen molar-refractivity contribution < 1.29 is 4.74 Å². The van der Waals surface area contributed by atoms with E-state index in [-0.39, 0.29) is 5.54 Å². The second kappa shape index (κ2) is 6.36. The normalized spacial score (nSPS) is 30.2. The highest BCUT2D eigenvalue weighted by atomic mass is 16.5. The van der Waals surface area contributed by atoms with Crippen molar-refractivity contribution in [3.05, 3.63) is 0 Å². The Bertz CT molecular complexity index is 255. The van der Waals surface area contributed by atoms with Crippen LogP contribution in [0.5, 0.6) is 0 Å². The topological polar surface area (TPSA) is 38.5 Å². The lowest BCUT2D eigenvalue weighted by molar-refractivity contribution is 0.0272. The Balaban J connectivity index is 2.78. The highest BCUT2D eigenvalue weighted by Gasteiger charge is 2.39. The van der Waals surface area contributed by atoms with Crippen molar-refractivity contribution in [1.29, 1.82) is 0 Å². The first-order valence-electron chi connectivity index (χ1n) is 7.29. The Kier molecular flexibility index (Phi) is 5.63. The number of ether oxygens (including phenoxy) is 1. The zero-order valence-electron chi connectivity index (χ0n) is 13.0. The van der Waals surface area contributed by atoms with Gasteiger partial charge in [0.25, 0.3) is 0 Å². The van der Waals surface area contributed by atoms with Gasteiger partial charge in [0.05, 0.1) is 6.61 Å². The average Bonchev–Trinajstić information content (AvgIpc) is 2.48. The third kappa shape index (κ3) is 3.69. The van der Waals surface area contributed by atoms with Gasteiger partial charge in [-0.1, -0.05) is 20.3 Å². The van der Waals surface area contributed by atoms with Crippen LogP contribution >= 0.6 is 0 Å². The molecule has 0 spiro atoms. The van der Waals surface area contributed by atoms with Crippen LogP contribution in [0.1, 0.15) is 52.9 Å². The molecule has 3 heteroatoms. The highest BCUT2D eigenvalue weighted by molar-refractivity contribution is 4.96. The number of methoxy groups -OCH3 is 1. The van der Waals surface area contributed by atoms with Crippen LogP contribution in [0.4, 0.5) is 0 Å². The maximum absolute atomic E-state index is 6.15. The fourth-order valence-electron chi connectivity index (χ4n) is 3.24. The maximum Gasteiger partial charge on any atom is 0.0615 e. The molecule has 2 atom stereocenters. The SMILES string of the molecule is COCC(C)N(C)C1(CN)CCCC(C)(C)CC1. The number of nitrogens with zero attached hydrogens (tertiary/aromatic N) is 1. The summed E-state index contributed by atoms with van der Waals surface area (Å²) in [6, 6.07) is 0.430. The van der Waals surface area contributed by atoms with Crippen LogP contribution in [0.2, 0.25) is 0 Å². The summed E-state index contributed by atoms with van der Waals surface area (Å²) in [7, 11) is 3.99. The van der Waals surface area contributed by atoms with E-state index in [1.54, 1.807) is 7.11 Å². The van der Waals surface area contributed by atoms with Crippen LogP contribution in [0, 0.1) is 5.41 Å². The van der Waals surface area contributed by atoms with Crippen LogP contribution in [0.15, 0.2) is 0 Å². The fraction of sp³-hybridized carbons (Fsp3) is 1.00. The molecule has 0 aliphatic heterocycles. The molecular weight excluding hydrogens is 224 g/mol. The van der Waals surface area contributed by atoms with Crippen molar-refractivity contribution >= 4 is 0 Å². The van der Waals surface area contributed by atoms with E-state index in [9.17, 15) is 0 Å². The van der Waals surface area contributed by atoms with Crippen LogP contribution in [-0.4, -0.2) is 43.8 Å². The molecule has 108 valence electrons.